The Balaban J connectivity index is 1.40. The third-order valence-electron chi connectivity index (χ3n) is 6.58. The van der Waals surface area contributed by atoms with Gasteiger partial charge in [0, 0.05) is 37.0 Å². The zero-order chi connectivity index (χ0) is 26.6. The molecule has 12 heteroatoms. The van der Waals surface area contributed by atoms with Gasteiger partial charge >= 0.3 is 0 Å². The van der Waals surface area contributed by atoms with Gasteiger partial charge in [-0.3, -0.25) is 16.0 Å². The molecular weight excluding hydrogens is 492 g/mol. The predicted octanol–water partition coefficient (Wildman–Crippen LogP) is 3.17. The van der Waals surface area contributed by atoms with Gasteiger partial charge in [0.15, 0.2) is 11.5 Å². The summed E-state index contributed by atoms with van der Waals surface area (Å²) < 4.78 is 30.7. The van der Waals surface area contributed by atoms with Crippen molar-refractivity contribution in [3.8, 4) is 11.3 Å². The largest absolute Gasteiger partial charge is 0.324 e. The number of fused-ring (bicyclic) bond motifs is 4. The fourth-order valence-electron chi connectivity index (χ4n) is 4.69. The maximum absolute atomic E-state index is 13.5. The van der Waals surface area contributed by atoms with Crippen molar-refractivity contribution in [2.24, 2.45) is 5.84 Å². The van der Waals surface area contributed by atoms with Crippen LogP contribution in [0, 0.1) is 17.2 Å². The molecule has 1 unspecified atom stereocenters. The molecule has 4 heterocycles. The summed E-state index contributed by atoms with van der Waals surface area (Å²) in [5.41, 5.74) is 2.14. The molecular formula is C26H21F2N9O. The lowest BCUT2D eigenvalue weighted by Gasteiger charge is -2.29. The molecule has 1 aliphatic carbocycles. The number of imidazole rings is 2. The molecule has 1 amide bonds. The average Bonchev–Trinajstić information content (AvgIpc) is 3.23. The van der Waals surface area contributed by atoms with Crippen molar-refractivity contribution >= 4 is 23.5 Å². The molecule has 4 N–H and O–H groups in total. The third-order valence-corrected chi connectivity index (χ3v) is 6.58. The maximum Gasteiger partial charge on any atom is 0.257 e. The van der Waals surface area contributed by atoms with Crippen LogP contribution in [0.4, 0.5) is 14.6 Å². The zero-order valence-corrected chi connectivity index (χ0v) is 20.1. The fourth-order valence-corrected chi connectivity index (χ4v) is 4.69. The Kier molecular flexibility index (Phi) is 5.36. The lowest BCUT2D eigenvalue weighted by molar-refractivity contribution is 0.102. The van der Waals surface area contributed by atoms with Crippen LogP contribution in [0.25, 0.3) is 17.3 Å². The summed E-state index contributed by atoms with van der Waals surface area (Å²) in [6.45, 7) is 0.386. The Hall–Kier alpha value is -4.81. The summed E-state index contributed by atoms with van der Waals surface area (Å²) in [5, 5.41) is 13.0. The topological polar surface area (TPSA) is 131 Å². The van der Waals surface area contributed by atoms with E-state index in [1.807, 2.05) is 10.6 Å². The number of hydrazine groups is 1. The fraction of sp³-hybridized carbons (Fsp3) is 0.115. The van der Waals surface area contributed by atoms with E-state index in [1.54, 1.807) is 48.4 Å². The van der Waals surface area contributed by atoms with Crippen molar-refractivity contribution in [3.05, 3.63) is 102 Å². The van der Waals surface area contributed by atoms with E-state index in [4.69, 9.17) is 11.3 Å². The Morgan fingerprint density at radius 3 is 2.71 bits per heavy atom. The van der Waals surface area contributed by atoms with Gasteiger partial charge in [0.1, 0.15) is 11.6 Å². The second kappa shape index (κ2) is 8.64. The lowest BCUT2D eigenvalue weighted by atomic mass is 10.1. The second-order valence-corrected chi connectivity index (χ2v) is 9.01. The molecule has 1 atom stereocenters. The number of hydrogen-bond donors (Lipinski definition) is 3. The van der Waals surface area contributed by atoms with Gasteiger partial charge in [0.05, 0.1) is 29.6 Å². The Bertz CT molecular complexity index is 1670. The van der Waals surface area contributed by atoms with Gasteiger partial charge in [-0.05, 0) is 54.1 Å². The van der Waals surface area contributed by atoms with Gasteiger partial charge in [-0.1, -0.05) is 0 Å². The van der Waals surface area contributed by atoms with E-state index >= 15 is 0 Å². The Morgan fingerprint density at radius 2 is 1.97 bits per heavy atom. The first kappa shape index (κ1) is 23.6. The first-order chi connectivity index (χ1) is 18.3. The van der Waals surface area contributed by atoms with E-state index in [-0.39, 0.29) is 22.9 Å². The second-order valence-electron chi connectivity index (χ2n) is 9.01. The first-order valence-corrected chi connectivity index (χ1v) is 11.6. The van der Waals surface area contributed by atoms with E-state index < -0.39 is 17.5 Å². The Morgan fingerprint density at radius 1 is 1.18 bits per heavy atom. The third kappa shape index (κ3) is 3.83. The molecule has 3 aromatic heterocycles. The first-order valence-electron chi connectivity index (χ1n) is 11.6. The predicted molar refractivity (Wildman–Crippen MR) is 136 cm³/mol. The number of likely N-dealkylation sites (N-methyl/N-ethyl adjacent to an activating group) is 1. The minimum absolute atomic E-state index is 0.0971. The minimum Gasteiger partial charge on any atom is -0.324 e. The SMILES string of the molecule is CN(N)C12C=C1Cn1cnc(-c3ccc(F)cc3)c1C(=N)/C=C\c1nc(NC(=O)c3ccnc(F)c3)cn12. The molecule has 1 aromatic carbocycles. The molecule has 6 rings (SSSR count). The highest BCUT2D eigenvalue weighted by Gasteiger charge is 2.50. The van der Waals surface area contributed by atoms with Crippen LogP contribution in [-0.4, -0.2) is 47.8 Å². The number of nitrogens with one attached hydrogen (secondary N) is 2. The van der Waals surface area contributed by atoms with Crippen LogP contribution in [0.5, 0.6) is 0 Å². The van der Waals surface area contributed by atoms with Crippen molar-refractivity contribution in [1.82, 2.24) is 29.1 Å². The van der Waals surface area contributed by atoms with Crippen molar-refractivity contribution in [2.75, 3.05) is 12.4 Å². The van der Waals surface area contributed by atoms with Crippen LogP contribution in [0.3, 0.4) is 0 Å². The number of rotatable bonds is 4. The number of pyridine rings is 1. The molecule has 1 aliphatic heterocycles. The smallest absolute Gasteiger partial charge is 0.257 e. The lowest BCUT2D eigenvalue weighted by Crippen LogP contribution is -2.45. The normalized spacial score (nSPS) is 18.8. The van der Waals surface area contributed by atoms with Gasteiger partial charge in [0.2, 0.25) is 5.95 Å². The van der Waals surface area contributed by atoms with Crippen molar-refractivity contribution < 1.29 is 13.6 Å². The highest BCUT2D eigenvalue weighted by atomic mass is 19.1. The molecule has 2 aliphatic rings. The number of nitrogens with zero attached hydrogens (tertiary/aromatic N) is 6. The molecule has 0 fully saturated rings. The number of amides is 1. The quantitative estimate of drug-likeness (QED) is 0.166. The van der Waals surface area contributed by atoms with E-state index in [2.05, 4.69) is 20.3 Å². The summed E-state index contributed by atoms with van der Waals surface area (Å²) >= 11 is 0. The van der Waals surface area contributed by atoms with E-state index in [0.29, 0.717) is 29.3 Å². The number of halogens is 2. The molecule has 0 radical (unpaired) electrons. The van der Waals surface area contributed by atoms with E-state index in [9.17, 15) is 13.6 Å². The molecule has 190 valence electrons. The molecule has 4 aromatic rings. The average molecular weight is 514 g/mol. The number of carbonyl (C=O) groups excluding carboxylic acids is 1. The summed E-state index contributed by atoms with van der Waals surface area (Å²) in [7, 11) is 1.72. The number of nitrogens with two attached hydrogens (primary N) is 1. The number of carbonyl (C=O) groups is 1. The van der Waals surface area contributed by atoms with Crippen LogP contribution < -0.4 is 11.2 Å². The van der Waals surface area contributed by atoms with Crippen molar-refractivity contribution in [1.29, 1.82) is 5.41 Å². The minimum atomic E-state index is -0.838. The van der Waals surface area contributed by atoms with Crippen molar-refractivity contribution in [3.63, 3.8) is 0 Å². The van der Waals surface area contributed by atoms with Gasteiger partial charge in [-0.15, -0.1) is 0 Å². The highest BCUT2D eigenvalue weighted by molar-refractivity contribution is 6.11. The van der Waals surface area contributed by atoms with Gasteiger partial charge < -0.3 is 14.5 Å². The molecule has 0 saturated carbocycles. The van der Waals surface area contributed by atoms with Crippen LogP contribution in [0.2, 0.25) is 0 Å². The number of benzene rings is 1. The van der Waals surface area contributed by atoms with Crippen LogP contribution in [-0.2, 0) is 12.2 Å². The summed E-state index contributed by atoms with van der Waals surface area (Å²) in [6, 6.07) is 8.39. The van der Waals surface area contributed by atoms with Crippen LogP contribution in [0.15, 0.2) is 72.8 Å². The van der Waals surface area contributed by atoms with Gasteiger partial charge in [0.25, 0.3) is 5.91 Å². The summed E-state index contributed by atoms with van der Waals surface area (Å²) in [6.07, 6.45) is 9.70. The monoisotopic (exact) mass is 513 g/mol. The molecule has 38 heavy (non-hydrogen) atoms. The maximum atomic E-state index is 13.5. The number of aromatic nitrogens is 5. The number of anilines is 1. The van der Waals surface area contributed by atoms with Gasteiger partial charge in [-0.2, -0.15) is 4.39 Å². The van der Waals surface area contributed by atoms with Crippen molar-refractivity contribution in [2.45, 2.75) is 12.2 Å². The van der Waals surface area contributed by atoms with E-state index in [1.165, 1.54) is 29.4 Å². The van der Waals surface area contributed by atoms with E-state index in [0.717, 1.165) is 11.6 Å². The summed E-state index contributed by atoms with van der Waals surface area (Å²) in [5.74, 6) is 5.31. The molecule has 0 spiro atoms. The van der Waals surface area contributed by atoms with Gasteiger partial charge in [-0.25, -0.2) is 24.4 Å². The molecule has 0 saturated heterocycles. The summed E-state index contributed by atoms with van der Waals surface area (Å²) in [4.78, 5) is 25.2. The van der Waals surface area contributed by atoms with Crippen LogP contribution >= 0.6 is 0 Å². The number of hydrogen-bond acceptors (Lipinski definition) is 7. The standard InChI is InChI=1S/C26H21F2N9O/c1-35(30)26-11-17(26)12-36-14-32-23(15-2-4-18(27)5-3-15)24(36)19(29)6-7-22-33-21(13-37(22)26)34-25(38)16-8-9-31-20(28)10-16/h2-11,13-14,29H,12,30H2,1H3,(H,34,38)/b7-6-,29-19?. The van der Waals surface area contributed by atoms with Crippen LogP contribution in [0.1, 0.15) is 21.9 Å². The number of allylic oxidation sites excluding steroid dienone is 1. The molecule has 0 bridgehead atoms. The molecule has 10 nitrogen and oxygen atoms in total. The highest BCUT2D eigenvalue weighted by Crippen LogP contribution is 2.46. The Labute approximate surface area is 215 Å². The zero-order valence-electron chi connectivity index (χ0n) is 20.1.